The third-order valence-electron chi connectivity index (χ3n) is 4.58. The summed E-state index contributed by atoms with van der Waals surface area (Å²) < 4.78 is 6.64. The third-order valence-corrected chi connectivity index (χ3v) is 5.25. The highest BCUT2D eigenvalue weighted by atomic mass is 125. The largest absolute Gasteiger partial charge is 0.497 e. The molecule has 0 aliphatic carbocycles. The Labute approximate surface area is 169 Å². The summed E-state index contributed by atoms with van der Waals surface area (Å²) in [6.45, 7) is 3.36. The number of pyridine rings is 1. The van der Waals surface area contributed by atoms with E-state index >= 15 is 0 Å². The van der Waals surface area contributed by atoms with Crippen molar-refractivity contribution in [3.8, 4) is 5.75 Å². The number of aromatic nitrogens is 1. The average molecular weight is 461 g/mol. The van der Waals surface area contributed by atoms with Gasteiger partial charge in [0, 0.05) is 20.4 Å². The van der Waals surface area contributed by atoms with Gasteiger partial charge in [0.25, 0.3) is 0 Å². The van der Waals surface area contributed by atoms with Crippen molar-refractivity contribution in [2.75, 3.05) is 33.1 Å². The van der Waals surface area contributed by atoms with Gasteiger partial charge in [-0.3, -0.25) is 0 Å². The molecule has 0 aliphatic heterocycles. The first-order chi connectivity index (χ1) is 12.5. The molecule has 0 radical (unpaired) electrons. The van der Waals surface area contributed by atoms with E-state index in [1.165, 1.54) is 9.99 Å². The fourth-order valence-electron chi connectivity index (χ4n) is 3.21. The molecule has 0 bridgehead atoms. The van der Waals surface area contributed by atoms with Gasteiger partial charge in [0.2, 0.25) is 0 Å². The molecule has 26 heavy (non-hydrogen) atoms. The van der Waals surface area contributed by atoms with Gasteiger partial charge in [-0.2, -0.15) is 0 Å². The zero-order valence-electron chi connectivity index (χ0n) is 15.8. The first-order valence-electron chi connectivity index (χ1n) is 8.96. The molecule has 1 N–H and O–H groups in total. The van der Waals surface area contributed by atoms with Crippen LogP contribution in [0.5, 0.6) is 5.75 Å². The highest BCUT2D eigenvalue weighted by Crippen LogP contribution is 2.34. The van der Waals surface area contributed by atoms with Crippen molar-refractivity contribution in [2.24, 2.45) is 0 Å². The number of halogens is 1. The van der Waals surface area contributed by atoms with Gasteiger partial charge in [-0.1, -0.05) is 0 Å². The second-order valence-electron chi connectivity index (χ2n) is 7.02. The maximum Gasteiger partial charge on any atom is 0.119 e. The van der Waals surface area contributed by atoms with Crippen LogP contribution in [-0.2, 0) is 0 Å². The maximum atomic E-state index is 5.44. The zero-order valence-corrected chi connectivity index (χ0v) is 18.0. The van der Waals surface area contributed by atoms with Crippen LogP contribution >= 0.6 is 22.6 Å². The smallest absolute Gasteiger partial charge is 0.119 e. The molecule has 3 rings (SSSR count). The molecule has 1 aromatic heterocycles. The summed E-state index contributed by atoms with van der Waals surface area (Å²) in [5.74, 6) is 0.854. The van der Waals surface area contributed by atoms with E-state index in [4.69, 9.17) is 9.72 Å². The van der Waals surface area contributed by atoms with Gasteiger partial charge in [0.1, 0.15) is 5.75 Å². The number of methoxy groups -OCH3 is 1. The SMILES string of the molecule is COc1ccc2nc3cc([125I])ccc3c(NC(C)CCCN(C)C)c2c1. The molecule has 2 aromatic carbocycles. The van der Waals surface area contributed by atoms with E-state index in [0.29, 0.717) is 6.04 Å². The lowest BCUT2D eigenvalue weighted by Gasteiger charge is -2.20. The number of benzene rings is 2. The molecule has 1 atom stereocenters. The van der Waals surface area contributed by atoms with Crippen molar-refractivity contribution in [1.82, 2.24) is 9.88 Å². The van der Waals surface area contributed by atoms with Crippen LogP contribution < -0.4 is 10.1 Å². The Balaban J connectivity index is 2.03. The molecular formula is C21H26IN3O. The van der Waals surface area contributed by atoms with E-state index in [1.807, 2.05) is 12.1 Å². The highest BCUT2D eigenvalue weighted by molar-refractivity contribution is 14.1. The number of nitrogens with zero attached hydrogens (tertiary/aromatic N) is 2. The standard InChI is InChI=1S/C21H26IN3O/c1-14(6-5-11-25(2)3)23-21-17-9-7-15(22)12-20(17)24-19-10-8-16(26-4)13-18(19)21/h7-10,12-14H,5-6,11H2,1-4H3,(H,23,24)/i22-2. The molecule has 0 spiro atoms. The highest BCUT2D eigenvalue weighted by Gasteiger charge is 2.13. The predicted octanol–water partition coefficient (Wildman–Crippen LogP) is 5.14. The van der Waals surface area contributed by atoms with E-state index in [0.717, 1.165) is 46.2 Å². The molecule has 0 amide bonds. The molecule has 4 nitrogen and oxygen atoms in total. The fraction of sp³-hybridized carbons (Fsp3) is 0.381. The number of anilines is 1. The quantitative estimate of drug-likeness (QED) is 0.391. The molecule has 1 heterocycles. The van der Waals surface area contributed by atoms with Crippen molar-refractivity contribution in [2.45, 2.75) is 25.8 Å². The summed E-state index contributed by atoms with van der Waals surface area (Å²) in [4.78, 5) is 7.09. The van der Waals surface area contributed by atoms with Crippen LogP contribution in [0, 0.1) is 3.57 Å². The fourth-order valence-corrected chi connectivity index (χ4v) is 3.69. The number of rotatable bonds is 7. The Morgan fingerprint density at radius 3 is 2.65 bits per heavy atom. The van der Waals surface area contributed by atoms with E-state index in [1.54, 1.807) is 7.11 Å². The van der Waals surface area contributed by atoms with Crippen LogP contribution in [0.3, 0.4) is 0 Å². The Morgan fingerprint density at radius 2 is 1.92 bits per heavy atom. The second kappa shape index (κ2) is 8.39. The summed E-state index contributed by atoms with van der Waals surface area (Å²) in [6.07, 6.45) is 2.29. The number of hydrogen-bond acceptors (Lipinski definition) is 4. The van der Waals surface area contributed by atoms with E-state index in [9.17, 15) is 0 Å². The van der Waals surface area contributed by atoms with Crippen LogP contribution in [0.4, 0.5) is 5.69 Å². The second-order valence-corrected chi connectivity index (χ2v) is 8.27. The summed E-state index contributed by atoms with van der Waals surface area (Å²) in [7, 11) is 5.95. The number of fused-ring (bicyclic) bond motifs is 2. The van der Waals surface area contributed by atoms with Crippen LogP contribution in [0.15, 0.2) is 36.4 Å². The summed E-state index contributed by atoms with van der Waals surface area (Å²) in [6, 6.07) is 12.9. The van der Waals surface area contributed by atoms with Crippen LogP contribution in [0.1, 0.15) is 19.8 Å². The first kappa shape index (κ1) is 19.2. The normalized spacial score (nSPS) is 12.7. The number of hydrogen-bond donors (Lipinski definition) is 1. The molecule has 138 valence electrons. The van der Waals surface area contributed by atoms with Gasteiger partial charge in [0.05, 0.1) is 23.8 Å². The lowest BCUT2D eigenvalue weighted by molar-refractivity contribution is 0.390. The Kier molecular flexibility index (Phi) is 6.19. The minimum atomic E-state index is 0.384. The Hall–Kier alpha value is -1.60. The summed E-state index contributed by atoms with van der Waals surface area (Å²) in [5, 5.41) is 6.02. The Bertz CT molecular complexity index is 911. The van der Waals surface area contributed by atoms with Gasteiger partial charge in [-0.25, -0.2) is 4.98 Å². The van der Waals surface area contributed by atoms with Crippen LogP contribution in [0.25, 0.3) is 21.8 Å². The molecule has 5 heteroatoms. The van der Waals surface area contributed by atoms with Crippen molar-refractivity contribution in [1.29, 1.82) is 0 Å². The average Bonchev–Trinajstić information content (AvgIpc) is 2.60. The topological polar surface area (TPSA) is 37.4 Å². The van der Waals surface area contributed by atoms with Crippen molar-refractivity contribution in [3.05, 3.63) is 40.0 Å². The van der Waals surface area contributed by atoms with Crippen molar-refractivity contribution < 1.29 is 4.74 Å². The zero-order chi connectivity index (χ0) is 18.7. The predicted molar refractivity (Wildman–Crippen MR) is 119 cm³/mol. The lowest BCUT2D eigenvalue weighted by Crippen LogP contribution is -2.19. The Morgan fingerprint density at radius 1 is 1.12 bits per heavy atom. The molecule has 0 fully saturated rings. The monoisotopic (exact) mass is 461 g/mol. The van der Waals surface area contributed by atoms with Crippen LogP contribution in [-0.4, -0.2) is 43.7 Å². The van der Waals surface area contributed by atoms with E-state index < -0.39 is 0 Å². The van der Waals surface area contributed by atoms with Crippen molar-refractivity contribution >= 4 is 50.1 Å². The van der Waals surface area contributed by atoms with Gasteiger partial charge in [-0.05, 0) is 99.4 Å². The van der Waals surface area contributed by atoms with Gasteiger partial charge in [0.15, 0.2) is 0 Å². The first-order valence-corrected chi connectivity index (χ1v) is 10.0. The number of nitrogens with one attached hydrogen (secondary N) is 1. The molecule has 1 unspecified atom stereocenters. The molecule has 0 saturated carbocycles. The van der Waals surface area contributed by atoms with E-state index in [-0.39, 0.29) is 0 Å². The van der Waals surface area contributed by atoms with Gasteiger partial charge < -0.3 is 15.0 Å². The van der Waals surface area contributed by atoms with E-state index in [2.05, 4.69) is 78.1 Å². The maximum absolute atomic E-state index is 5.44. The van der Waals surface area contributed by atoms with Gasteiger partial charge in [-0.15, -0.1) is 0 Å². The minimum absolute atomic E-state index is 0.384. The number of ether oxygens (including phenoxy) is 1. The minimum Gasteiger partial charge on any atom is -0.497 e. The molecular weight excluding hydrogens is 435 g/mol. The van der Waals surface area contributed by atoms with Crippen LogP contribution in [0.2, 0.25) is 0 Å². The molecule has 3 aromatic rings. The lowest BCUT2D eigenvalue weighted by atomic mass is 10.1. The van der Waals surface area contributed by atoms with Crippen molar-refractivity contribution in [3.63, 3.8) is 0 Å². The van der Waals surface area contributed by atoms with Gasteiger partial charge >= 0.3 is 0 Å². The molecule has 0 saturated heterocycles. The molecule has 0 aliphatic rings. The summed E-state index contributed by atoms with van der Waals surface area (Å²) in [5.41, 5.74) is 3.17. The summed E-state index contributed by atoms with van der Waals surface area (Å²) >= 11 is 2.34. The third kappa shape index (κ3) is 4.38.